The molecule has 0 saturated carbocycles. The van der Waals surface area contributed by atoms with Crippen molar-refractivity contribution in [2.75, 3.05) is 31.5 Å². The molecule has 1 N–H and O–H groups in total. The molecule has 28 heavy (non-hydrogen) atoms. The molecule has 0 atom stereocenters. The number of carbonyl (C=O) groups is 2. The van der Waals surface area contributed by atoms with Crippen LogP contribution in [0.15, 0.2) is 47.5 Å². The van der Waals surface area contributed by atoms with Gasteiger partial charge < -0.3 is 10.2 Å². The van der Waals surface area contributed by atoms with Gasteiger partial charge in [-0.05, 0) is 12.1 Å². The van der Waals surface area contributed by atoms with Gasteiger partial charge in [-0.15, -0.1) is 0 Å². The molecule has 0 spiro atoms. The zero-order chi connectivity index (χ0) is 20.1. The third-order valence-electron chi connectivity index (χ3n) is 4.52. The quantitative estimate of drug-likeness (QED) is 0.761. The first-order valence-electron chi connectivity index (χ1n) is 8.99. The molecular formula is C18H23N5O4S. The fourth-order valence-electron chi connectivity index (χ4n) is 2.99. The van der Waals surface area contributed by atoms with Crippen LogP contribution in [-0.2, 0) is 26.7 Å². The van der Waals surface area contributed by atoms with Crippen LogP contribution in [0.1, 0.15) is 12.8 Å². The largest absolute Gasteiger partial charge is 0.340 e. The van der Waals surface area contributed by atoms with Crippen molar-refractivity contribution >= 4 is 27.7 Å². The van der Waals surface area contributed by atoms with Gasteiger partial charge in [0.25, 0.3) is 0 Å². The summed E-state index contributed by atoms with van der Waals surface area (Å²) in [7, 11) is -1.80. The molecule has 0 bridgehead atoms. The highest BCUT2D eigenvalue weighted by molar-refractivity contribution is 7.89. The van der Waals surface area contributed by atoms with Crippen LogP contribution in [0.25, 0.3) is 0 Å². The van der Waals surface area contributed by atoms with Gasteiger partial charge in [-0.25, -0.2) is 8.42 Å². The zero-order valence-corrected chi connectivity index (χ0v) is 16.4. The predicted molar refractivity (Wildman–Crippen MR) is 103 cm³/mol. The number of piperazine rings is 1. The molecule has 150 valence electrons. The third kappa shape index (κ3) is 4.76. The third-order valence-corrected chi connectivity index (χ3v) is 6.43. The lowest BCUT2D eigenvalue weighted by atomic mass is 10.2. The average molecular weight is 405 g/mol. The second kappa shape index (κ2) is 8.53. The Morgan fingerprint density at radius 2 is 1.71 bits per heavy atom. The van der Waals surface area contributed by atoms with Crippen LogP contribution in [0.3, 0.4) is 0 Å². The smallest absolute Gasteiger partial charge is 0.243 e. The molecule has 0 unspecified atom stereocenters. The molecule has 10 heteroatoms. The predicted octanol–water partition coefficient (Wildman–Crippen LogP) is 0.672. The minimum absolute atomic E-state index is 0.0535. The van der Waals surface area contributed by atoms with E-state index >= 15 is 0 Å². The number of benzene rings is 1. The van der Waals surface area contributed by atoms with Gasteiger partial charge in [0.15, 0.2) is 5.82 Å². The summed E-state index contributed by atoms with van der Waals surface area (Å²) in [6, 6.07) is 9.93. The topological polar surface area (TPSA) is 105 Å². The zero-order valence-electron chi connectivity index (χ0n) is 15.6. The maximum absolute atomic E-state index is 12.6. The summed E-state index contributed by atoms with van der Waals surface area (Å²) >= 11 is 0. The molecule has 2 aromatic rings. The van der Waals surface area contributed by atoms with Gasteiger partial charge >= 0.3 is 0 Å². The van der Waals surface area contributed by atoms with Gasteiger partial charge in [-0.2, -0.15) is 9.40 Å². The number of sulfonamides is 1. The summed E-state index contributed by atoms with van der Waals surface area (Å²) in [5.41, 5.74) is 0. The first kappa shape index (κ1) is 20.0. The molecule has 1 aromatic carbocycles. The molecule has 3 rings (SSSR count). The Balaban J connectivity index is 1.46. The summed E-state index contributed by atoms with van der Waals surface area (Å²) in [5.74, 6) is 0.00459. The van der Waals surface area contributed by atoms with E-state index in [1.807, 2.05) is 0 Å². The fraction of sp³-hybridized carbons (Fsp3) is 0.389. The number of hydrogen-bond donors (Lipinski definition) is 1. The van der Waals surface area contributed by atoms with Crippen LogP contribution in [0.5, 0.6) is 0 Å². The van der Waals surface area contributed by atoms with E-state index in [1.165, 1.54) is 4.31 Å². The fourth-order valence-corrected chi connectivity index (χ4v) is 4.43. The molecule has 0 radical (unpaired) electrons. The highest BCUT2D eigenvalue weighted by Gasteiger charge is 2.29. The van der Waals surface area contributed by atoms with E-state index in [0.29, 0.717) is 18.9 Å². The number of carbonyl (C=O) groups excluding carboxylic acids is 2. The van der Waals surface area contributed by atoms with Gasteiger partial charge in [0, 0.05) is 58.3 Å². The van der Waals surface area contributed by atoms with Crippen LogP contribution in [0, 0.1) is 0 Å². The van der Waals surface area contributed by atoms with Gasteiger partial charge in [0.05, 0.1) is 4.90 Å². The van der Waals surface area contributed by atoms with Crippen molar-refractivity contribution in [2.24, 2.45) is 7.05 Å². The number of rotatable bonds is 6. The van der Waals surface area contributed by atoms with Crippen LogP contribution in [0.2, 0.25) is 0 Å². The van der Waals surface area contributed by atoms with E-state index in [0.717, 1.165) is 0 Å². The Morgan fingerprint density at radius 1 is 1.04 bits per heavy atom. The lowest BCUT2D eigenvalue weighted by Crippen LogP contribution is -2.50. The average Bonchev–Trinajstić information content (AvgIpc) is 3.11. The lowest BCUT2D eigenvalue weighted by Gasteiger charge is -2.34. The number of nitrogens with zero attached hydrogens (tertiary/aromatic N) is 4. The van der Waals surface area contributed by atoms with E-state index in [9.17, 15) is 18.0 Å². The summed E-state index contributed by atoms with van der Waals surface area (Å²) in [6.45, 7) is 1.10. The number of hydrogen-bond acceptors (Lipinski definition) is 5. The van der Waals surface area contributed by atoms with Gasteiger partial charge in [0.2, 0.25) is 21.8 Å². The van der Waals surface area contributed by atoms with Crippen molar-refractivity contribution in [3.63, 3.8) is 0 Å². The van der Waals surface area contributed by atoms with Gasteiger partial charge in [-0.1, -0.05) is 18.2 Å². The SMILES string of the molecule is Cn1ccc(NC(=O)CCC(=O)N2CCN(S(=O)(=O)c3ccccc3)CC2)n1. The van der Waals surface area contributed by atoms with Crippen molar-refractivity contribution in [3.8, 4) is 0 Å². The molecule has 1 aromatic heterocycles. The number of nitrogens with one attached hydrogen (secondary N) is 1. The van der Waals surface area contributed by atoms with Gasteiger partial charge in [0.1, 0.15) is 0 Å². The number of aromatic nitrogens is 2. The van der Waals surface area contributed by atoms with E-state index < -0.39 is 10.0 Å². The minimum Gasteiger partial charge on any atom is -0.340 e. The van der Waals surface area contributed by atoms with Crippen LogP contribution < -0.4 is 5.32 Å². The standard InChI is InChI=1S/C18H23N5O4S/c1-21-10-9-16(20-21)19-17(24)7-8-18(25)22-11-13-23(14-12-22)28(26,27)15-5-3-2-4-6-15/h2-6,9-10H,7-8,11-14H2,1H3,(H,19,20,24). The molecular weight excluding hydrogens is 382 g/mol. The molecule has 2 amide bonds. The Labute approximate surface area is 164 Å². The molecule has 2 heterocycles. The van der Waals surface area contributed by atoms with Gasteiger partial charge in [-0.3, -0.25) is 14.3 Å². The normalized spacial score (nSPS) is 15.4. The summed E-state index contributed by atoms with van der Waals surface area (Å²) < 4.78 is 28.2. The van der Waals surface area contributed by atoms with Crippen molar-refractivity contribution in [2.45, 2.75) is 17.7 Å². The Hall–Kier alpha value is -2.72. The van der Waals surface area contributed by atoms with E-state index in [4.69, 9.17) is 0 Å². The summed E-state index contributed by atoms with van der Waals surface area (Å²) in [4.78, 5) is 26.1. The number of amides is 2. The first-order chi connectivity index (χ1) is 13.4. The summed E-state index contributed by atoms with van der Waals surface area (Å²) in [6.07, 6.45) is 1.84. The van der Waals surface area contributed by atoms with E-state index in [2.05, 4.69) is 10.4 Å². The van der Waals surface area contributed by atoms with Crippen molar-refractivity contribution in [1.82, 2.24) is 19.0 Å². The maximum atomic E-state index is 12.6. The van der Waals surface area contributed by atoms with Crippen LogP contribution >= 0.6 is 0 Å². The molecule has 1 aliphatic rings. The maximum Gasteiger partial charge on any atom is 0.243 e. The van der Waals surface area contributed by atoms with Crippen LogP contribution in [-0.4, -0.2) is 65.4 Å². The van der Waals surface area contributed by atoms with Crippen LogP contribution in [0.4, 0.5) is 5.82 Å². The first-order valence-corrected chi connectivity index (χ1v) is 10.4. The van der Waals surface area contributed by atoms with Crippen molar-refractivity contribution in [1.29, 1.82) is 0 Å². The summed E-state index contributed by atoms with van der Waals surface area (Å²) in [5, 5.41) is 6.69. The minimum atomic E-state index is -3.55. The molecule has 0 aliphatic carbocycles. The highest BCUT2D eigenvalue weighted by atomic mass is 32.2. The molecule has 1 saturated heterocycles. The second-order valence-corrected chi connectivity index (χ2v) is 8.46. The van der Waals surface area contributed by atoms with Crippen molar-refractivity contribution in [3.05, 3.63) is 42.6 Å². The lowest BCUT2D eigenvalue weighted by molar-refractivity contribution is -0.133. The Kier molecular flexibility index (Phi) is 6.10. The monoisotopic (exact) mass is 405 g/mol. The Bertz CT molecular complexity index is 934. The number of anilines is 1. The Morgan fingerprint density at radius 3 is 2.32 bits per heavy atom. The molecule has 1 fully saturated rings. The number of aryl methyl sites for hydroxylation is 1. The van der Waals surface area contributed by atoms with E-state index in [-0.39, 0.29) is 42.6 Å². The van der Waals surface area contributed by atoms with E-state index in [1.54, 1.807) is 59.2 Å². The molecule has 1 aliphatic heterocycles. The highest BCUT2D eigenvalue weighted by Crippen LogP contribution is 2.17. The second-order valence-electron chi connectivity index (χ2n) is 6.52. The molecule has 9 nitrogen and oxygen atoms in total. The van der Waals surface area contributed by atoms with Crippen molar-refractivity contribution < 1.29 is 18.0 Å².